The van der Waals surface area contributed by atoms with E-state index in [0.29, 0.717) is 26.2 Å². The second-order valence-corrected chi connectivity index (χ2v) is 16.7. The van der Waals surface area contributed by atoms with Gasteiger partial charge in [0.25, 0.3) is 0 Å². The summed E-state index contributed by atoms with van der Waals surface area (Å²) in [6, 6.07) is 38.8. The normalized spacial score (nSPS) is 28.5. The molecule has 4 aromatic carbocycles. The second kappa shape index (κ2) is 24.2. The van der Waals surface area contributed by atoms with Crippen LogP contribution in [0.5, 0.6) is 0 Å². The standard InChI is InChI=1S/C51H65NO10/c1-3-4-5-6-7-20-29-56-51-44(52-36(2)53)48(47(57-32-38-23-14-9-15-24-38)43(61-51)35-55-31-37-21-12-8-13-22-37)60-42-30-41-34-59-50(40-27-18-11-19-28-40)62-46(41)49(45(42)54)58-33-39-25-16-10-17-26-39/h8-19,21-28,41-51,54H,3-7,20,29-35H2,1-2H3,(H,52,53)/t41-,42+,43-,44-,45-,46-,47-,48-,49-,50-,51-/m1/s1. The van der Waals surface area contributed by atoms with Crippen LogP contribution in [0.3, 0.4) is 0 Å². The molecular formula is C51H65NO10. The summed E-state index contributed by atoms with van der Waals surface area (Å²) in [6.07, 6.45) is 0.161. The molecule has 3 fully saturated rings. The van der Waals surface area contributed by atoms with Crippen LogP contribution < -0.4 is 5.32 Å². The van der Waals surface area contributed by atoms with Crippen LogP contribution in [0.25, 0.3) is 0 Å². The maximum absolute atomic E-state index is 13.1. The third-order valence-electron chi connectivity index (χ3n) is 11.9. The first-order valence-electron chi connectivity index (χ1n) is 22.6. The molecule has 1 saturated carbocycles. The number of amides is 1. The number of unbranched alkanes of at least 4 members (excludes halogenated alkanes) is 5. The zero-order chi connectivity index (χ0) is 42.9. The lowest BCUT2D eigenvalue weighted by Gasteiger charge is -2.51. The first-order valence-corrected chi connectivity index (χ1v) is 22.6. The minimum absolute atomic E-state index is 0.168. The Labute approximate surface area is 367 Å². The number of carbonyl (C=O) groups excluding carboxylic acids is 1. The highest BCUT2D eigenvalue weighted by molar-refractivity contribution is 5.73. The molecule has 1 amide bonds. The minimum Gasteiger partial charge on any atom is -0.388 e. The average Bonchev–Trinajstić information content (AvgIpc) is 3.30. The summed E-state index contributed by atoms with van der Waals surface area (Å²) in [5, 5.41) is 15.6. The van der Waals surface area contributed by atoms with Crippen molar-refractivity contribution in [1.29, 1.82) is 0 Å². The molecule has 2 aliphatic heterocycles. The summed E-state index contributed by atoms with van der Waals surface area (Å²) < 4.78 is 53.4. The Bertz CT molecular complexity index is 1860. The van der Waals surface area contributed by atoms with E-state index in [1.54, 1.807) is 0 Å². The van der Waals surface area contributed by atoms with Gasteiger partial charge in [-0.05, 0) is 29.5 Å². The van der Waals surface area contributed by atoms with E-state index in [9.17, 15) is 9.90 Å². The Balaban J connectivity index is 1.18. The molecule has 4 aromatic rings. The van der Waals surface area contributed by atoms with Crippen LogP contribution in [-0.4, -0.2) is 85.9 Å². The molecule has 2 saturated heterocycles. The Morgan fingerprint density at radius 3 is 1.90 bits per heavy atom. The van der Waals surface area contributed by atoms with E-state index < -0.39 is 61.3 Å². The number of rotatable bonds is 22. The molecule has 0 spiro atoms. The maximum atomic E-state index is 13.1. The molecule has 2 N–H and O–H groups in total. The number of benzene rings is 4. The summed E-state index contributed by atoms with van der Waals surface area (Å²) >= 11 is 0. The fourth-order valence-corrected chi connectivity index (χ4v) is 8.72. The molecule has 0 unspecified atom stereocenters. The van der Waals surface area contributed by atoms with Gasteiger partial charge < -0.3 is 48.3 Å². The van der Waals surface area contributed by atoms with Crippen LogP contribution in [-0.2, 0) is 62.5 Å². The molecule has 2 heterocycles. The second-order valence-electron chi connectivity index (χ2n) is 16.7. The van der Waals surface area contributed by atoms with Gasteiger partial charge >= 0.3 is 0 Å². The van der Waals surface area contributed by atoms with Crippen molar-refractivity contribution in [3.8, 4) is 0 Å². The molecule has 7 rings (SSSR count). The largest absolute Gasteiger partial charge is 0.388 e. The first-order chi connectivity index (χ1) is 30.5. The van der Waals surface area contributed by atoms with Crippen LogP contribution >= 0.6 is 0 Å². The lowest BCUT2D eigenvalue weighted by molar-refractivity contribution is -0.324. The van der Waals surface area contributed by atoms with Gasteiger partial charge in [-0.1, -0.05) is 160 Å². The van der Waals surface area contributed by atoms with E-state index in [-0.39, 0.29) is 31.6 Å². The van der Waals surface area contributed by atoms with Crippen molar-refractivity contribution in [2.75, 3.05) is 19.8 Å². The monoisotopic (exact) mass is 851 g/mol. The lowest BCUT2D eigenvalue weighted by Crippen LogP contribution is -2.68. The molecule has 3 aliphatic rings. The summed E-state index contributed by atoms with van der Waals surface area (Å²) in [6.45, 7) is 5.55. The predicted molar refractivity (Wildman–Crippen MR) is 235 cm³/mol. The Morgan fingerprint density at radius 2 is 1.27 bits per heavy atom. The number of hydrogen-bond donors (Lipinski definition) is 2. The van der Waals surface area contributed by atoms with Crippen LogP contribution in [0.1, 0.15) is 87.3 Å². The molecule has 62 heavy (non-hydrogen) atoms. The Kier molecular flexibility index (Phi) is 17.9. The molecule has 11 heteroatoms. The van der Waals surface area contributed by atoms with E-state index in [0.717, 1.165) is 41.5 Å². The van der Waals surface area contributed by atoms with Crippen molar-refractivity contribution in [3.05, 3.63) is 144 Å². The number of nitrogens with one attached hydrogen (secondary N) is 1. The molecule has 0 bridgehead atoms. The van der Waals surface area contributed by atoms with Gasteiger partial charge in [-0.15, -0.1) is 0 Å². The number of hydrogen-bond acceptors (Lipinski definition) is 10. The zero-order valence-corrected chi connectivity index (χ0v) is 36.2. The van der Waals surface area contributed by atoms with Crippen LogP contribution in [0, 0.1) is 5.92 Å². The molecule has 11 atom stereocenters. The van der Waals surface area contributed by atoms with Gasteiger partial charge in [-0.25, -0.2) is 0 Å². The summed E-state index contributed by atoms with van der Waals surface area (Å²) in [7, 11) is 0. The van der Waals surface area contributed by atoms with Crippen LogP contribution in [0.2, 0.25) is 0 Å². The van der Waals surface area contributed by atoms with Crippen molar-refractivity contribution in [3.63, 3.8) is 0 Å². The maximum Gasteiger partial charge on any atom is 0.217 e. The molecule has 0 radical (unpaired) electrons. The topological polar surface area (TPSA) is 123 Å². The smallest absolute Gasteiger partial charge is 0.217 e. The van der Waals surface area contributed by atoms with Gasteiger partial charge in [-0.3, -0.25) is 4.79 Å². The van der Waals surface area contributed by atoms with Crippen molar-refractivity contribution in [2.45, 2.75) is 140 Å². The molecular weight excluding hydrogens is 787 g/mol. The van der Waals surface area contributed by atoms with E-state index in [4.69, 9.17) is 37.9 Å². The molecule has 334 valence electrons. The fourth-order valence-electron chi connectivity index (χ4n) is 8.72. The summed E-state index contributed by atoms with van der Waals surface area (Å²) in [4.78, 5) is 13.1. The van der Waals surface area contributed by atoms with Crippen molar-refractivity contribution in [2.24, 2.45) is 5.92 Å². The molecule has 1 aliphatic carbocycles. The van der Waals surface area contributed by atoms with Crippen molar-refractivity contribution < 1.29 is 47.8 Å². The highest BCUT2D eigenvalue weighted by Gasteiger charge is 2.54. The van der Waals surface area contributed by atoms with Crippen LogP contribution in [0.15, 0.2) is 121 Å². The molecule has 11 nitrogen and oxygen atoms in total. The van der Waals surface area contributed by atoms with E-state index in [1.807, 2.05) is 121 Å². The highest BCUT2D eigenvalue weighted by Crippen LogP contribution is 2.41. The number of aliphatic hydroxyl groups is 1. The van der Waals surface area contributed by atoms with E-state index >= 15 is 0 Å². The fraction of sp³-hybridized carbons (Fsp3) is 0.510. The number of ether oxygens (including phenoxy) is 8. The van der Waals surface area contributed by atoms with Crippen molar-refractivity contribution >= 4 is 5.91 Å². The Morgan fingerprint density at radius 1 is 0.694 bits per heavy atom. The van der Waals surface area contributed by atoms with Gasteiger partial charge in [0, 0.05) is 25.0 Å². The third kappa shape index (κ3) is 13.0. The van der Waals surface area contributed by atoms with E-state index in [1.165, 1.54) is 26.2 Å². The number of aliphatic hydroxyl groups excluding tert-OH is 1. The predicted octanol–water partition coefficient (Wildman–Crippen LogP) is 8.23. The van der Waals surface area contributed by atoms with Gasteiger partial charge in [0.05, 0.1) is 45.2 Å². The highest BCUT2D eigenvalue weighted by atomic mass is 16.7. The van der Waals surface area contributed by atoms with Crippen LogP contribution in [0.4, 0.5) is 0 Å². The van der Waals surface area contributed by atoms with E-state index in [2.05, 4.69) is 12.2 Å². The Hall–Kier alpha value is -4.01. The summed E-state index contributed by atoms with van der Waals surface area (Å²) in [5.74, 6) is -0.438. The van der Waals surface area contributed by atoms with Gasteiger partial charge in [0.15, 0.2) is 12.6 Å². The average molecular weight is 852 g/mol. The first kappa shape index (κ1) is 46.0. The SMILES string of the molecule is CCCCCCCCO[C@@H]1O[C@H](COCc2ccccc2)[C@@H](OCc2ccccc2)[C@H](O[C@H]2C[C@@H]3CO[C@@H](c4ccccc4)O[C@H]3[C@H](OCc3ccccc3)[C@@H]2O)[C@H]1NC(C)=O. The summed E-state index contributed by atoms with van der Waals surface area (Å²) in [5.41, 5.74) is 3.86. The number of carbonyl (C=O) groups is 1. The van der Waals surface area contributed by atoms with Gasteiger partial charge in [0.1, 0.15) is 36.6 Å². The van der Waals surface area contributed by atoms with Gasteiger partial charge in [0.2, 0.25) is 5.91 Å². The molecule has 0 aromatic heterocycles. The van der Waals surface area contributed by atoms with Gasteiger partial charge in [-0.2, -0.15) is 0 Å². The van der Waals surface area contributed by atoms with Crippen molar-refractivity contribution in [1.82, 2.24) is 5.32 Å². The number of fused-ring (bicyclic) bond motifs is 1. The quantitative estimate of drug-likeness (QED) is 0.0748. The zero-order valence-electron chi connectivity index (χ0n) is 36.2. The lowest BCUT2D eigenvalue weighted by atomic mass is 9.79. The minimum atomic E-state index is -1.11. The third-order valence-corrected chi connectivity index (χ3v) is 11.9.